The van der Waals surface area contributed by atoms with E-state index in [1.54, 1.807) is 24.3 Å². The van der Waals surface area contributed by atoms with Gasteiger partial charge in [-0.3, -0.25) is 9.59 Å². The van der Waals surface area contributed by atoms with Crippen LogP contribution >= 0.6 is 0 Å². The highest BCUT2D eigenvalue weighted by atomic mass is 16.5. The third-order valence-corrected chi connectivity index (χ3v) is 3.36. The summed E-state index contributed by atoms with van der Waals surface area (Å²) in [6.07, 6.45) is 1.58. The molecule has 0 N–H and O–H groups in total. The Labute approximate surface area is 116 Å². The van der Waals surface area contributed by atoms with Crippen LogP contribution < -0.4 is 9.64 Å². The number of nitrogens with zero attached hydrogens (tertiary/aromatic N) is 1. The summed E-state index contributed by atoms with van der Waals surface area (Å²) in [6, 6.07) is 10.7. The summed E-state index contributed by atoms with van der Waals surface area (Å²) >= 11 is 0. The Morgan fingerprint density at radius 2 is 1.45 bits per heavy atom. The predicted molar refractivity (Wildman–Crippen MR) is 76.4 cm³/mol. The number of carbonyl (C=O) groups is 2. The average Bonchev–Trinajstić information content (AvgIpc) is 2.51. The SMILES string of the molecule is CCN1c2ccc(C=O)cc2Oc2cc(C=O)ccc21. The monoisotopic (exact) mass is 267 g/mol. The van der Waals surface area contributed by atoms with Gasteiger partial charge in [-0.25, -0.2) is 0 Å². The summed E-state index contributed by atoms with van der Waals surface area (Å²) in [6.45, 7) is 2.81. The van der Waals surface area contributed by atoms with Gasteiger partial charge in [-0.05, 0) is 43.3 Å². The standard InChI is InChI=1S/C16H13NO3/c1-2-17-13-5-3-11(9-18)7-15(13)20-16-8-12(10-19)4-6-14(16)17/h3-10H,2H2,1H3. The molecule has 0 atom stereocenters. The van der Waals surface area contributed by atoms with Gasteiger partial charge in [0, 0.05) is 17.7 Å². The molecule has 0 unspecified atom stereocenters. The fraction of sp³-hybridized carbons (Fsp3) is 0.125. The fourth-order valence-corrected chi connectivity index (χ4v) is 2.41. The largest absolute Gasteiger partial charge is 0.453 e. The van der Waals surface area contributed by atoms with E-state index in [1.165, 1.54) is 0 Å². The van der Waals surface area contributed by atoms with Gasteiger partial charge in [0.15, 0.2) is 11.5 Å². The van der Waals surface area contributed by atoms with Crippen molar-refractivity contribution in [3.63, 3.8) is 0 Å². The Morgan fingerprint density at radius 1 is 0.950 bits per heavy atom. The van der Waals surface area contributed by atoms with Crippen molar-refractivity contribution < 1.29 is 14.3 Å². The van der Waals surface area contributed by atoms with Crippen LogP contribution in [0.15, 0.2) is 36.4 Å². The van der Waals surface area contributed by atoms with Crippen molar-refractivity contribution in [1.82, 2.24) is 0 Å². The van der Waals surface area contributed by atoms with E-state index < -0.39 is 0 Å². The minimum atomic E-state index is 0.565. The van der Waals surface area contributed by atoms with E-state index in [9.17, 15) is 9.59 Å². The van der Waals surface area contributed by atoms with Crippen molar-refractivity contribution in [2.75, 3.05) is 11.4 Å². The third-order valence-electron chi connectivity index (χ3n) is 3.36. The molecule has 1 aliphatic heterocycles. The zero-order valence-electron chi connectivity index (χ0n) is 11.0. The molecule has 1 heterocycles. The Morgan fingerprint density at radius 3 is 1.85 bits per heavy atom. The predicted octanol–water partition coefficient (Wildman–Crippen LogP) is 3.58. The molecule has 0 fully saturated rings. The second-order valence-corrected chi connectivity index (χ2v) is 4.54. The van der Waals surface area contributed by atoms with Crippen molar-refractivity contribution in [2.24, 2.45) is 0 Å². The molecule has 0 aromatic heterocycles. The molecule has 4 nitrogen and oxygen atoms in total. The molecule has 0 aliphatic carbocycles. The van der Waals surface area contributed by atoms with E-state index in [4.69, 9.17) is 4.74 Å². The lowest BCUT2D eigenvalue weighted by Gasteiger charge is -2.32. The molecule has 4 heteroatoms. The van der Waals surface area contributed by atoms with E-state index in [2.05, 4.69) is 4.90 Å². The highest BCUT2D eigenvalue weighted by Gasteiger charge is 2.23. The summed E-state index contributed by atoms with van der Waals surface area (Å²) in [5, 5.41) is 0. The number of fused-ring (bicyclic) bond motifs is 2. The smallest absolute Gasteiger partial charge is 0.151 e. The quantitative estimate of drug-likeness (QED) is 0.797. The third kappa shape index (κ3) is 1.86. The van der Waals surface area contributed by atoms with E-state index in [0.29, 0.717) is 22.6 Å². The van der Waals surface area contributed by atoms with Crippen molar-refractivity contribution in [2.45, 2.75) is 6.92 Å². The van der Waals surface area contributed by atoms with Gasteiger partial charge in [-0.15, -0.1) is 0 Å². The Hall–Kier alpha value is -2.62. The Kier molecular flexibility index (Phi) is 2.99. The van der Waals surface area contributed by atoms with Crippen LogP contribution in [-0.4, -0.2) is 19.1 Å². The van der Waals surface area contributed by atoms with Gasteiger partial charge in [-0.2, -0.15) is 0 Å². The molecule has 20 heavy (non-hydrogen) atoms. The molecule has 0 radical (unpaired) electrons. The highest BCUT2D eigenvalue weighted by molar-refractivity contribution is 5.85. The molecule has 100 valence electrons. The molecular weight excluding hydrogens is 254 g/mol. The zero-order valence-corrected chi connectivity index (χ0v) is 11.0. The number of carbonyl (C=O) groups excluding carboxylic acids is 2. The van der Waals surface area contributed by atoms with Gasteiger partial charge in [0.1, 0.15) is 12.6 Å². The molecule has 0 saturated heterocycles. The lowest BCUT2D eigenvalue weighted by atomic mass is 10.1. The van der Waals surface area contributed by atoms with E-state index in [-0.39, 0.29) is 0 Å². The normalized spacial score (nSPS) is 12.2. The maximum Gasteiger partial charge on any atom is 0.151 e. The number of ether oxygens (including phenoxy) is 1. The minimum Gasteiger partial charge on any atom is -0.453 e. The van der Waals surface area contributed by atoms with E-state index >= 15 is 0 Å². The van der Waals surface area contributed by atoms with Crippen molar-refractivity contribution in [3.8, 4) is 11.5 Å². The van der Waals surface area contributed by atoms with Gasteiger partial charge >= 0.3 is 0 Å². The summed E-state index contributed by atoms with van der Waals surface area (Å²) in [5.41, 5.74) is 2.97. The first-order valence-corrected chi connectivity index (χ1v) is 6.40. The lowest BCUT2D eigenvalue weighted by Crippen LogP contribution is -2.20. The molecule has 2 aromatic carbocycles. The molecule has 0 saturated carbocycles. The number of hydrogen-bond donors (Lipinski definition) is 0. The first-order chi connectivity index (χ1) is 9.76. The van der Waals surface area contributed by atoms with Crippen LogP contribution in [-0.2, 0) is 0 Å². The number of benzene rings is 2. The van der Waals surface area contributed by atoms with E-state index in [0.717, 1.165) is 30.5 Å². The molecule has 3 rings (SSSR count). The Balaban J connectivity index is 2.15. The fourth-order valence-electron chi connectivity index (χ4n) is 2.41. The maximum absolute atomic E-state index is 10.9. The number of hydrogen-bond acceptors (Lipinski definition) is 4. The average molecular weight is 267 g/mol. The molecule has 2 aromatic rings. The van der Waals surface area contributed by atoms with Crippen LogP contribution in [0, 0.1) is 0 Å². The highest BCUT2D eigenvalue weighted by Crippen LogP contribution is 2.46. The maximum atomic E-state index is 10.9. The van der Waals surface area contributed by atoms with Crippen molar-refractivity contribution >= 4 is 23.9 Å². The number of anilines is 2. The van der Waals surface area contributed by atoms with E-state index in [1.807, 2.05) is 19.1 Å². The summed E-state index contributed by atoms with van der Waals surface area (Å²) in [4.78, 5) is 23.8. The molecule has 0 amide bonds. The number of aldehydes is 2. The van der Waals surface area contributed by atoms with Gasteiger partial charge < -0.3 is 9.64 Å². The molecular formula is C16H13NO3. The summed E-state index contributed by atoms with van der Waals surface area (Å²) in [7, 11) is 0. The summed E-state index contributed by atoms with van der Waals surface area (Å²) in [5.74, 6) is 1.26. The molecule has 0 bridgehead atoms. The second kappa shape index (κ2) is 4.81. The topological polar surface area (TPSA) is 46.6 Å². The zero-order chi connectivity index (χ0) is 14.1. The first kappa shape index (κ1) is 12.4. The van der Waals surface area contributed by atoms with Gasteiger partial charge in [0.25, 0.3) is 0 Å². The van der Waals surface area contributed by atoms with Crippen LogP contribution in [0.4, 0.5) is 11.4 Å². The lowest BCUT2D eigenvalue weighted by molar-refractivity contribution is 0.111. The van der Waals surface area contributed by atoms with Crippen LogP contribution in [0.25, 0.3) is 0 Å². The minimum absolute atomic E-state index is 0.565. The van der Waals surface area contributed by atoms with Crippen molar-refractivity contribution in [3.05, 3.63) is 47.5 Å². The van der Waals surface area contributed by atoms with Gasteiger partial charge in [-0.1, -0.05) is 0 Å². The second-order valence-electron chi connectivity index (χ2n) is 4.54. The van der Waals surface area contributed by atoms with Crippen molar-refractivity contribution in [1.29, 1.82) is 0 Å². The summed E-state index contributed by atoms with van der Waals surface area (Å²) < 4.78 is 5.84. The van der Waals surface area contributed by atoms with Crippen LogP contribution in [0.5, 0.6) is 11.5 Å². The van der Waals surface area contributed by atoms with Gasteiger partial charge in [0.2, 0.25) is 0 Å². The van der Waals surface area contributed by atoms with Crippen LogP contribution in [0.2, 0.25) is 0 Å². The molecule has 0 spiro atoms. The van der Waals surface area contributed by atoms with Crippen LogP contribution in [0.3, 0.4) is 0 Å². The Bertz CT molecular complexity index is 637. The van der Waals surface area contributed by atoms with Crippen LogP contribution in [0.1, 0.15) is 27.6 Å². The molecule has 1 aliphatic rings. The first-order valence-electron chi connectivity index (χ1n) is 6.40. The van der Waals surface area contributed by atoms with Gasteiger partial charge in [0.05, 0.1) is 11.4 Å². The number of rotatable bonds is 3.